The van der Waals surface area contributed by atoms with Crippen molar-refractivity contribution in [3.05, 3.63) is 0 Å². The monoisotopic (exact) mass is 910 g/mol. The van der Waals surface area contributed by atoms with E-state index < -0.39 is 25.9 Å². The van der Waals surface area contributed by atoms with Gasteiger partial charge in [0.25, 0.3) is 0 Å². The minimum atomic E-state index is -3.44. The molecule has 27 heteroatoms. The highest BCUT2D eigenvalue weighted by Gasteiger charge is 2.10. The van der Waals surface area contributed by atoms with E-state index in [0.29, 0.717) is 0 Å². The van der Waals surface area contributed by atoms with Gasteiger partial charge in [-0.1, -0.05) is 0 Å². The predicted molar refractivity (Wildman–Crippen MR) is 219 cm³/mol. The van der Waals surface area contributed by atoms with E-state index in [0.717, 1.165) is 0 Å². The molecule has 0 aliphatic rings. The van der Waals surface area contributed by atoms with E-state index in [1.54, 1.807) is 113 Å². The van der Waals surface area contributed by atoms with Gasteiger partial charge >= 0.3 is 4.45 Å². The lowest BCUT2D eigenvalue weighted by atomic mass is 10.5. The Morgan fingerprint density at radius 1 is 0.267 bits per heavy atom. The van der Waals surface area contributed by atoms with Crippen molar-refractivity contribution in [2.75, 3.05) is 166 Å². The van der Waals surface area contributed by atoms with Gasteiger partial charge in [-0.2, -0.15) is 0 Å². The Morgan fingerprint density at radius 3 is 0.417 bits per heavy atom. The normalized spacial score (nSPS) is 9.63. The van der Waals surface area contributed by atoms with E-state index in [-0.39, 0.29) is 100 Å². The first-order valence-corrected chi connectivity index (χ1v) is 19.5. The molecule has 0 heterocycles. The Balaban J connectivity index is -0.000000212. The number of nitrogens with zero attached hydrogens (tertiary/aromatic N) is 8. The number of rotatable bonds is 16. The van der Waals surface area contributed by atoms with Gasteiger partial charge in [-0.15, -0.1) is 0 Å². The third-order valence-corrected chi connectivity index (χ3v) is 7.71. The lowest BCUT2D eigenvalue weighted by Crippen LogP contribution is -2.30. The van der Waals surface area contributed by atoms with E-state index >= 15 is 0 Å². The Morgan fingerprint density at radius 2 is 0.367 bits per heavy atom. The maximum atomic E-state index is 11.0. The molecule has 0 aromatic rings. The van der Waals surface area contributed by atoms with E-state index in [4.69, 9.17) is 18.9 Å². The van der Waals surface area contributed by atoms with Crippen LogP contribution in [-0.2, 0) is 78.7 Å². The Hall–Kier alpha value is -4.83. The van der Waals surface area contributed by atoms with E-state index in [1.807, 2.05) is 0 Å². The molecule has 8 amide bonds. The van der Waals surface area contributed by atoms with Gasteiger partial charge < -0.3 is 58.1 Å². The lowest BCUT2D eigenvalue weighted by molar-refractivity contribution is -0.140. The second-order valence-electron chi connectivity index (χ2n) is 13.1. The van der Waals surface area contributed by atoms with E-state index in [1.165, 1.54) is 39.2 Å². The summed E-state index contributed by atoms with van der Waals surface area (Å²) in [4.78, 5) is 109. The standard InChI is InChI=1S/4C8H16N2O3.CH2O5S2/c4*1-9(2)7(11)5-13-6-8(12)10(3)4;2-1(7(3)4)8(5)6/h4*5-6H2,1-4H3;7-8H. The predicted octanol–water partition coefficient (Wildman–Crippen LogP) is -4.95. The maximum Gasteiger partial charge on any atom is 0.354 e. The van der Waals surface area contributed by atoms with Crippen LogP contribution in [0.3, 0.4) is 0 Å². The molecule has 0 aliphatic heterocycles. The Kier molecular flexibility index (Phi) is 39.9. The fourth-order valence-corrected chi connectivity index (χ4v) is 2.54. The summed E-state index contributed by atoms with van der Waals surface area (Å²) in [6, 6.07) is 0. The lowest BCUT2D eigenvalue weighted by Gasteiger charge is -2.12. The highest BCUT2D eigenvalue weighted by atomic mass is 32.2. The van der Waals surface area contributed by atoms with Crippen LogP contribution in [0.2, 0.25) is 0 Å². The van der Waals surface area contributed by atoms with Crippen LogP contribution in [0.1, 0.15) is 0 Å². The number of carbonyl (C=O) groups excluding carboxylic acids is 9. The molecular weight excluding hydrogens is 845 g/mol. The molecule has 0 fully saturated rings. The minimum Gasteiger partial charge on any atom is -0.362 e. The molecule has 0 unspecified atom stereocenters. The summed E-state index contributed by atoms with van der Waals surface area (Å²) < 4.78 is 55.6. The van der Waals surface area contributed by atoms with Crippen molar-refractivity contribution in [2.24, 2.45) is 0 Å². The van der Waals surface area contributed by atoms with Gasteiger partial charge in [0.1, 0.15) is 52.9 Å². The van der Waals surface area contributed by atoms with Crippen molar-refractivity contribution in [3.63, 3.8) is 0 Å². The van der Waals surface area contributed by atoms with Crippen LogP contribution in [0.5, 0.6) is 0 Å². The molecule has 0 spiro atoms. The second-order valence-corrected chi connectivity index (χ2v) is 15.3. The minimum absolute atomic E-state index is 0.0490. The van der Waals surface area contributed by atoms with E-state index in [9.17, 15) is 60.0 Å². The second kappa shape index (κ2) is 37.2. The fourth-order valence-electron chi connectivity index (χ4n) is 2.00. The van der Waals surface area contributed by atoms with Crippen molar-refractivity contribution in [3.8, 4) is 0 Å². The van der Waals surface area contributed by atoms with Gasteiger partial charge in [-0.3, -0.25) is 43.2 Å². The van der Waals surface area contributed by atoms with Gasteiger partial charge in [-0.25, -0.2) is 16.8 Å². The van der Waals surface area contributed by atoms with Crippen molar-refractivity contribution < 1.29 is 78.9 Å². The molecular formula is C33H66N8O17S2. The van der Waals surface area contributed by atoms with Gasteiger partial charge in [0, 0.05) is 113 Å². The topological polar surface area (TPSA) is 285 Å². The summed E-state index contributed by atoms with van der Waals surface area (Å²) in [5, 5.41) is 0. The zero-order chi connectivity index (χ0) is 48.5. The van der Waals surface area contributed by atoms with Crippen molar-refractivity contribution >= 4 is 73.1 Å². The summed E-state index contributed by atoms with van der Waals surface area (Å²) in [6.45, 7) is -0.392. The average Bonchev–Trinajstić information content (AvgIpc) is 3.14. The first-order valence-electron chi connectivity index (χ1n) is 17.1. The number of likely N-dealkylation sites (N-methyl/N-ethyl adjacent to an activating group) is 8. The van der Waals surface area contributed by atoms with Crippen LogP contribution in [0.4, 0.5) is 4.79 Å². The van der Waals surface area contributed by atoms with Gasteiger partial charge in [-0.05, 0) is 0 Å². The number of ether oxygens (including phenoxy) is 4. The zero-order valence-electron chi connectivity index (χ0n) is 37.6. The molecule has 25 nitrogen and oxygen atoms in total. The SMILES string of the molecule is CN(C)C(=O)COCC(=O)N(C)C.CN(C)C(=O)COCC(=O)N(C)C.CN(C)C(=O)COCC(=O)N(C)C.CN(C)C(=O)COCC(=O)N(C)C.O=C([SH](=O)=O)[SH](=O)=O. The molecule has 0 radical (unpaired) electrons. The zero-order valence-corrected chi connectivity index (χ0v) is 39.4. The summed E-state index contributed by atoms with van der Waals surface area (Å²) in [6.07, 6.45) is 0. The number of hydrogen-bond donors (Lipinski definition) is 2. The van der Waals surface area contributed by atoms with Gasteiger partial charge in [0.2, 0.25) is 68.7 Å². The van der Waals surface area contributed by atoms with Crippen LogP contribution in [0.25, 0.3) is 0 Å². The average molecular weight is 911 g/mol. The summed E-state index contributed by atoms with van der Waals surface area (Å²) >= 11 is 0. The molecule has 0 bridgehead atoms. The first-order chi connectivity index (χ1) is 27.3. The molecule has 0 saturated carbocycles. The van der Waals surface area contributed by atoms with Crippen molar-refractivity contribution in [1.29, 1.82) is 0 Å². The van der Waals surface area contributed by atoms with Crippen molar-refractivity contribution in [2.45, 2.75) is 0 Å². The summed E-state index contributed by atoms with van der Waals surface area (Å²) in [7, 11) is 19.3. The molecule has 0 N–H and O–H groups in total. The highest BCUT2D eigenvalue weighted by molar-refractivity contribution is 8.15. The molecule has 0 aromatic heterocycles. The number of thiol groups is 2. The number of hydrogen-bond acceptors (Lipinski definition) is 17. The van der Waals surface area contributed by atoms with Crippen LogP contribution >= 0.6 is 0 Å². The molecule has 0 aromatic carbocycles. The smallest absolute Gasteiger partial charge is 0.354 e. The van der Waals surface area contributed by atoms with Gasteiger partial charge in [0.15, 0.2) is 0 Å². The van der Waals surface area contributed by atoms with Crippen LogP contribution in [0.15, 0.2) is 0 Å². The van der Waals surface area contributed by atoms with E-state index in [2.05, 4.69) is 0 Å². The largest absolute Gasteiger partial charge is 0.362 e. The van der Waals surface area contributed by atoms with Crippen LogP contribution in [0, 0.1) is 0 Å². The quantitative estimate of drug-likeness (QED) is 0.137. The molecule has 352 valence electrons. The summed E-state index contributed by atoms with van der Waals surface area (Å²) in [5.41, 5.74) is 0. The number of amides is 8. The molecule has 0 saturated heterocycles. The third-order valence-electron chi connectivity index (χ3n) is 6.11. The van der Waals surface area contributed by atoms with Crippen LogP contribution < -0.4 is 0 Å². The summed E-state index contributed by atoms with van der Waals surface area (Å²) in [5.74, 6) is -1.17. The van der Waals surface area contributed by atoms with Gasteiger partial charge in [0.05, 0.1) is 0 Å². The fraction of sp³-hybridized carbons (Fsp3) is 0.727. The number of carbonyl (C=O) groups is 9. The maximum absolute atomic E-state index is 11.0. The first kappa shape index (κ1) is 64.3. The highest BCUT2D eigenvalue weighted by Crippen LogP contribution is 1.88. The molecule has 60 heavy (non-hydrogen) atoms. The Bertz CT molecular complexity index is 1220. The van der Waals surface area contributed by atoms with Crippen molar-refractivity contribution in [1.82, 2.24) is 39.2 Å². The molecule has 0 aliphatic carbocycles. The molecule has 0 atom stereocenters. The Labute approximate surface area is 356 Å². The third kappa shape index (κ3) is 41.3. The van der Waals surface area contributed by atoms with Crippen LogP contribution in [-0.4, -0.2) is 273 Å². The molecule has 0 rings (SSSR count).